The van der Waals surface area contributed by atoms with Crippen molar-refractivity contribution in [3.05, 3.63) is 17.7 Å². The molecule has 5 heteroatoms. The summed E-state index contributed by atoms with van der Waals surface area (Å²) in [5, 5.41) is 0. The van der Waals surface area contributed by atoms with Crippen molar-refractivity contribution >= 4 is 5.91 Å². The molecule has 0 bridgehead atoms. The van der Waals surface area contributed by atoms with Crippen LogP contribution < -0.4 is 11.5 Å². The van der Waals surface area contributed by atoms with Crippen molar-refractivity contribution in [2.24, 2.45) is 11.5 Å². The molecule has 0 radical (unpaired) electrons. The molecule has 1 aromatic rings. The lowest BCUT2D eigenvalue weighted by molar-refractivity contribution is -0.122. The van der Waals surface area contributed by atoms with E-state index in [1.165, 1.54) is 24.2 Å². The van der Waals surface area contributed by atoms with Crippen molar-refractivity contribution in [1.82, 2.24) is 9.55 Å². The Kier molecular flexibility index (Phi) is 3.19. The molecule has 1 heterocycles. The van der Waals surface area contributed by atoms with Gasteiger partial charge in [-0.2, -0.15) is 0 Å². The predicted molar refractivity (Wildman–Crippen MR) is 65.3 cm³/mol. The molecule has 1 aliphatic rings. The average Bonchev–Trinajstić information content (AvgIpc) is 2.69. The van der Waals surface area contributed by atoms with Gasteiger partial charge in [-0.25, -0.2) is 4.98 Å². The topological polar surface area (TPSA) is 86.9 Å². The SMILES string of the molecule is CC(N)(CCn1cnc2c1CCCC2)C(N)=O. The van der Waals surface area contributed by atoms with Gasteiger partial charge in [0, 0.05) is 12.2 Å². The largest absolute Gasteiger partial charge is 0.368 e. The van der Waals surface area contributed by atoms with E-state index in [1.807, 2.05) is 6.33 Å². The maximum absolute atomic E-state index is 11.1. The third kappa shape index (κ3) is 2.49. The molecular weight excluding hydrogens is 216 g/mol. The molecule has 0 fully saturated rings. The van der Waals surface area contributed by atoms with E-state index < -0.39 is 11.4 Å². The summed E-state index contributed by atoms with van der Waals surface area (Å²) in [6, 6.07) is 0. The molecule has 1 aliphatic carbocycles. The first-order chi connectivity index (χ1) is 8.00. The van der Waals surface area contributed by atoms with Crippen molar-refractivity contribution in [3.8, 4) is 0 Å². The molecule has 0 saturated carbocycles. The first-order valence-electron chi connectivity index (χ1n) is 6.12. The van der Waals surface area contributed by atoms with Crippen LogP contribution in [0.25, 0.3) is 0 Å². The molecule has 1 aromatic heterocycles. The number of aromatic nitrogens is 2. The summed E-state index contributed by atoms with van der Waals surface area (Å²) in [6.45, 7) is 2.39. The lowest BCUT2D eigenvalue weighted by Crippen LogP contribution is -2.49. The molecule has 1 unspecified atom stereocenters. The molecule has 5 nitrogen and oxygen atoms in total. The van der Waals surface area contributed by atoms with Gasteiger partial charge < -0.3 is 16.0 Å². The number of nitrogens with zero attached hydrogens (tertiary/aromatic N) is 2. The zero-order valence-corrected chi connectivity index (χ0v) is 10.3. The van der Waals surface area contributed by atoms with Gasteiger partial charge in [0.25, 0.3) is 0 Å². The van der Waals surface area contributed by atoms with Gasteiger partial charge in [0.1, 0.15) is 0 Å². The number of imidazole rings is 1. The molecule has 94 valence electrons. The van der Waals surface area contributed by atoms with Gasteiger partial charge in [-0.3, -0.25) is 4.79 Å². The summed E-state index contributed by atoms with van der Waals surface area (Å²) in [5.41, 5.74) is 12.7. The Bertz CT molecular complexity index is 422. The number of amides is 1. The number of carbonyl (C=O) groups excluding carboxylic acids is 1. The van der Waals surface area contributed by atoms with Crippen LogP contribution in [0.3, 0.4) is 0 Å². The zero-order chi connectivity index (χ0) is 12.5. The lowest BCUT2D eigenvalue weighted by atomic mass is 9.98. The summed E-state index contributed by atoms with van der Waals surface area (Å²) < 4.78 is 2.11. The van der Waals surface area contributed by atoms with Crippen LogP contribution in [0.1, 0.15) is 37.6 Å². The number of carbonyl (C=O) groups is 1. The van der Waals surface area contributed by atoms with Gasteiger partial charge >= 0.3 is 0 Å². The minimum Gasteiger partial charge on any atom is -0.368 e. The van der Waals surface area contributed by atoms with E-state index in [0.717, 1.165) is 12.8 Å². The number of primary amides is 1. The van der Waals surface area contributed by atoms with Crippen molar-refractivity contribution < 1.29 is 4.79 Å². The number of aryl methyl sites for hydroxylation is 2. The number of hydrogen-bond donors (Lipinski definition) is 2. The Morgan fingerprint density at radius 2 is 2.24 bits per heavy atom. The molecule has 2 rings (SSSR count). The highest BCUT2D eigenvalue weighted by molar-refractivity contribution is 5.83. The molecule has 4 N–H and O–H groups in total. The van der Waals surface area contributed by atoms with E-state index in [9.17, 15) is 4.79 Å². The third-order valence-electron chi connectivity index (χ3n) is 3.54. The molecular formula is C12H20N4O. The van der Waals surface area contributed by atoms with E-state index >= 15 is 0 Å². The van der Waals surface area contributed by atoms with Gasteiger partial charge in [-0.05, 0) is 39.0 Å². The Labute approximate surface area is 101 Å². The van der Waals surface area contributed by atoms with E-state index in [4.69, 9.17) is 11.5 Å². The second-order valence-corrected chi connectivity index (χ2v) is 5.07. The monoisotopic (exact) mass is 236 g/mol. The Hall–Kier alpha value is -1.36. The van der Waals surface area contributed by atoms with Crippen LogP contribution in [0.4, 0.5) is 0 Å². The second-order valence-electron chi connectivity index (χ2n) is 5.07. The molecule has 0 spiro atoms. The van der Waals surface area contributed by atoms with E-state index in [-0.39, 0.29) is 0 Å². The summed E-state index contributed by atoms with van der Waals surface area (Å²) >= 11 is 0. The van der Waals surface area contributed by atoms with Crippen LogP contribution >= 0.6 is 0 Å². The molecule has 17 heavy (non-hydrogen) atoms. The smallest absolute Gasteiger partial charge is 0.237 e. The standard InChI is InChI=1S/C12H20N4O/c1-12(14,11(13)17)6-7-16-8-15-9-4-2-3-5-10(9)16/h8H,2-7,14H2,1H3,(H2,13,17). The van der Waals surface area contributed by atoms with Gasteiger partial charge in [-0.15, -0.1) is 0 Å². The van der Waals surface area contributed by atoms with E-state index in [1.54, 1.807) is 6.92 Å². The molecule has 0 saturated heterocycles. The van der Waals surface area contributed by atoms with Crippen LogP contribution in [0.15, 0.2) is 6.33 Å². The minimum atomic E-state index is -0.939. The second kappa shape index (κ2) is 4.49. The fourth-order valence-corrected chi connectivity index (χ4v) is 2.20. The first kappa shape index (κ1) is 12.1. The van der Waals surface area contributed by atoms with Gasteiger partial charge in [0.05, 0.1) is 17.6 Å². The Morgan fingerprint density at radius 3 is 2.94 bits per heavy atom. The number of rotatable bonds is 4. The minimum absolute atomic E-state index is 0.452. The zero-order valence-electron chi connectivity index (χ0n) is 10.3. The van der Waals surface area contributed by atoms with Crippen LogP contribution in [-0.2, 0) is 24.2 Å². The predicted octanol–water partition coefficient (Wildman–Crippen LogP) is 0.355. The van der Waals surface area contributed by atoms with Crippen molar-refractivity contribution in [2.45, 2.75) is 51.1 Å². The molecule has 0 aromatic carbocycles. The Balaban J connectivity index is 2.05. The third-order valence-corrected chi connectivity index (χ3v) is 3.54. The summed E-state index contributed by atoms with van der Waals surface area (Å²) in [5.74, 6) is -0.452. The quantitative estimate of drug-likeness (QED) is 0.791. The molecule has 0 aliphatic heterocycles. The van der Waals surface area contributed by atoms with Gasteiger partial charge in [0.2, 0.25) is 5.91 Å². The summed E-state index contributed by atoms with van der Waals surface area (Å²) in [7, 11) is 0. The van der Waals surface area contributed by atoms with Crippen molar-refractivity contribution in [3.63, 3.8) is 0 Å². The van der Waals surface area contributed by atoms with Crippen molar-refractivity contribution in [2.75, 3.05) is 0 Å². The van der Waals surface area contributed by atoms with Crippen LogP contribution in [0.5, 0.6) is 0 Å². The lowest BCUT2D eigenvalue weighted by Gasteiger charge is -2.21. The summed E-state index contributed by atoms with van der Waals surface area (Å²) in [6.07, 6.45) is 6.98. The van der Waals surface area contributed by atoms with Gasteiger partial charge in [-0.1, -0.05) is 0 Å². The first-order valence-corrected chi connectivity index (χ1v) is 6.12. The summed E-state index contributed by atoms with van der Waals surface area (Å²) in [4.78, 5) is 15.5. The fourth-order valence-electron chi connectivity index (χ4n) is 2.20. The highest BCUT2D eigenvalue weighted by atomic mass is 16.1. The van der Waals surface area contributed by atoms with E-state index in [2.05, 4.69) is 9.55 Å². The van der Waals surface area contributed by atoms with E-state index in [0.29, 0.717) is 13.0 Å². The maximum Gasteiger partial charge on any atom is 0.237 e. The number of hydrogen-bond acceptors (Lipinski definition) is 3. The molecule has 1 atom stereocenters. The number of nitrogens with two attached hydrogens (primary N) is 2. The van der Waals surface area contributed by atoms with Crippen LogP contribution in [-0.4, -0.2) is 21.0 Å². The number of fused-ring (bicyclic) bond motifs is 1. The average molecular weight is 236 g/mol. The fraction of sp³-hybridized carbons (Fsp3) is 0.667. The van der Waals surface area contributed by atoms with Gasteiger partial charge in [0.15, 0.2) is 0 Å². The maximum atomic E-state index is 11.1. The van der Waals surface area contributed by atoms with Crippen molar-refractivity contribution in [1.29, 1.82) is 0 Å². The highest BCUT2D eigenvalue weighted by Crippen LogP contribution is 2.20. The van der Waals surface area contributed by atoms with Crippen LogP contribution in [0.2, 0.25) is 0 Å². The Morgan fingerprint density at radius 1 is 1.53 bits per heavy atom. The van der Waals surface area contributed by atoms with Crippen LogP contribution in [0, 0.1) is 0 Å². The highest BCUT2D eigenvalue weighted by Gasteiger charge is 2.26. The normalized spacial score (nSPS) is 18.5. The molecule has 1 amide bonds.